The number of nitrogens with one attached hydrogen (secondary N) is 1. The molecule has 112 valence electrons. The Kier molecular flexibility index (Phi) is 5.30. The summed E-state index contributed by atoms with van der Waals surface area (Å²) in [6.45, 7) is 8.07. The van der Waals surface area contributed by atoms with Crippen LogP contribution in [0.2, 0.25) is 0 Å². The molecule has 2 saturated carbocycles. The van der Waals surface area contributed by atoms with Crippen LogP contribution < -0.4 is 5.32 Å². The van der Waals surface area contributed by atoms with Gasteiger partial charge in [-0.05, 0) is 75.7 Å². The third kappa shape index (κ3) is 3.95. The first kappa shape index (κ1) is 15.3. The molecular formula is C17H33NO. The second-order valence-electron chi connectivity index (χ2n) is 7.45. The first-order valence-electron chi connectivity index (χ1n) is 8.49. The summed E-state index contributed by atoms with van der Waals surface area (Å²) in [6.07, 6.45) is 9.40. The van der Waals surface area contributed by atoms with Crippen molar-refractivity contribution in [2.24, 2.45) is 17.8 Å². The van der Waals surface area contributed by atoms with Gasteiger partial charge in [0.1, 0.15) is 0 Å². The smallest absolute Gasteiger partial charge is 0.0677 e. The third-order valence-electron chi connectivity index (χ3n) is 5.47. The summed E-state index contributed by atoms with van der Waals surface area (Å²) >= 11 is 0. The van der Waals surface area contributed by atoms with Gasteiger partial charge in [0, 0.05) is 6.04 Å². The van der Waals surface area contributed by atoms with Gasteiger partial charge in [0.25, 0.3) is 0 Å². The van der Waals surface area contributed by atoms with Crippen LogP contribution in [0.3, 0.4) is 0 Å². The second kappa shape index (κ2) is 6.58. The lowest BCUT2D eigenvalue weighted by atomic mass is 9.65. The van der Waals surface area contributed by atoms with E-state index >= 15 is 0 Å². The van der Waals surface area contributed by atoms with Crippen LogP contribution in [-0.2, 0) is 0 Å². The van der Waals surface area contributed by atoms with Gasteiger partial charge in [-0.2, -0.15) is 0 Å². The number of rotatable bonds is 4. The minimum absolute atomic E-state index is 0.354. The Bertz CT molecular complexity index is 260. The van der Waals surface area contributed by atoms with Crippen LogP contribution >= 0.6 is 0 Å². The van der Waals surface area contributed by atoms with Gasteiger partial charge in [0.2, 0.25) is 0 Å². The van der Waals surface area contributed by atoms with E-state index in [0.29, 0.717) is 12.0 Å². The molecule has 0 radical (unpaired) electrons. The molecule has 0 aromatic heterocycles. The zero-order chi connectivity index (χ0) is 13.9. The number of hydrogen-bond donors (Lipinski definition) is 2. The maximum Gasteiger partial charge on any atom is 0.0677 e. The molecule has 2 fully saturated rings. The molecule has 0 bridgehead atoms. The van der Waals surface area contributed by atoms with Crippen LogP contribution in [0.25, 0.3) is 0 Å². The Hall–Kier alpha value is -0.0800. The summed E-state index contributed by atoms with van der Waals surface area (Å²) in [5.41, 5.74) is -0.354. The molecule has 0 aliphatic heterocycles. The minimum atomic E-state index is -0.354. The molecule has 19 heavy (non-hydrogen) atoms. The first-order valence-corrected chi connectivity index (χ1v) is 8.49. The van der Waals surface area contributed by atoms with Crippen molar-refractivity contribution in [3.63, 3.8) is 0 Å². The fraction of sp³-hybridized carbons (Fsp3) is 1.00. The molecule has 2 unspecified atom stereocenters. The van der Waals surface area contributed by atoms with E-state index in [9.17, 15) is 5.11 Å². The molecular weight excluding hydrogens is 234 g/mol. The van der Waals surface area contributed by atoms with Crippen LogP contribution in [0.15, 0.2) is 0 Å². The second-order valence-corrected chi connectivity index (χ2v) is 7.45. The SMILES string of the molecule is CCCNC1CCC(O)(C2CC(C)CC(C)C2)CC1. The molecule has 2 aliphatic carbocycles. The molecule has 0 aromatic carbocycles. The highest BCUT2D eigenvalue weighted by Crippen LogP contribution is 2.44. The monoisotopic (exact) mass is 267 g/mol. The normalized spacial score (nSPS) is 44.2. The highest BCUT2D eigenvalue weighted by atomic mass is 16.3. The van der Waals surface area contributed by atoms with Gasteiger partial charge >= 0.3 is 0 Å². The molecule has 0 amide bonds. The lowest BCUT2D eigenvalue weighted by Crippen LogP contribution is -2.47. The lowest BCUT2D eigenvalue weighted by Gasteiger charge is -2.46. The van der Waals surface area contributed by atoms with E-state index in [2.05, 4.69) is 26.1 Å². The summed E-state index contributed by atoms with van der Waals surface area (Å²) in [5, 5.41) is 14.7. The van der Waals surface area contributed by atoms with E-state index in [4.69, 9.17) is 0 Å². The molecule has 0 saturated heterocycles. The van der Waals surface area contributed by atoms with Crippen molar-refractivity contribution in [2.45, 2.75) is 83.8 Å². The standard InChI is InChI=1S/C17H33NO/c1-4-9-18-16-5-7-17(19,8-6-16)15-11-13(2)10-14(3)12-15/h13-16,18-19H,4-12H2,1-3H3. The average molecular weight is 267 g/mol. The fourth-order valence-corrected chi connectivity index (χ4v) is 4.46. The molecule has 2 nitrogen and oxygen atoms in total. The Labute approximate surface area is 119 Å². The van der Waals surface area contributed by atoms with Crippen LogP contribution in [0.4, 0.5) is 0 Å². The lowest BCUT2D eigenvalue weighted by molar-refractivity contribution is -0.0783. The quantitative estimate of drug-likeness (QED) is 0.813. The van der Waals surface area contributed by atoms with Crippen molar-refractivity contribution in [3.8, 4) is 0 Å². The van der Waals surface area contributed by atoms with Gasteiger partial charge < -0.3 is 10.4 Å². The summed E-state index contributed by atoms with van der Waals surface area (Å²) < 4.78 is 0. The van der Waals surface area contributed by atoms with Gasteiger partial charge in [0.05, 0.1) is 5.60 Å². The van der Waals surface area contributed by atoms with Crippen molar-refractivity contribution < 1.29 is 5.11 Å². The van der Waals surface area contributed by atoms with Gasteiger partial charge in [0.15, 0.2) is 0 Å². The van der Waals surface area contributed by atoms with E-state index in [1.54, 1.807) is 0 Å². The third-order valence-corrected chi connectivity index (χ3v) is 5.47. The Morgan fingerprint density at radius 1 is 1.05 bits per heavy atom. The fourth-order valence-electron chi connectivity index (χ4n) is 4.46. The average Bonchev–Trinajstić information content (AvgIpc) is 2.37. The van der Waals surface area contributed by atoms with Crippen molar-refractivity contribution in [3.05, 3.63) is 0 Å². The predicted molar refractivity (Wildman–Crippen MR) is 81.2 cm³/mol. The largest absolute Gasteiger partial charge is 0.390 e. The molecule has 0 heterocycles. The first-order chi connectivity index (χ1) is 9.03. The number of hydrogen-bond acceptors (Lipinski definition) is 2. The highest BCUT2D eigenvalue weighted by Gasteiger charge is 2.42. The van der Waals surface area contributed by atoms with Gasteiger partial charge in [-0.25, -0.2) is 0 Å². The Morgan fingerprint density at radius 3 is 2.16 bits per heavy atom. The Morgan fingerprint density at radius 2 is 1.63 bits per heavy atom. The zero-order valence-corrected chi connectivity index (χ0v) is 13.1. The summed E-state index contributed by atoms with van der Waals surface area (Å²) in [7, 11) is 0. The van der Waals surface area contributed by atoms with E-state index < -0.39 is 0 Å². The van der Waals surface area contributed by atoms with Gasteiger partial charge in [-0.15, -0.1) is 0 Å². The Balaban J connectivity index is 1.86. The zero-order valence-electron chi connectivity index (χ0n) is 13.1. The van der Waals surface area contributed by atoms with Gasteiger partial charge in [-0.1, -0.05) is 20.8 Å². The summed E-state index contributed by atoms with van der Waals surface area (Å²) in [6, 6.07) is 0.652. The molecule has 2 aliphatic rings. The van der Waals surface area contributed by atoms with Crippen LogP contribution in [0.5, 0.6) is 0 Å². The molecule has 0 spiro atoms. The highest BCUT2D eigenvalue weighted by molar-refractivity contribution is 4.95. The van der Waals surface area contributed by atoms with Crippen LogP contribution in [0, 0.1) is 17.8 Å². The molecule has 0 aromatic rings. The van der Waals surface area contributed by atoms with Crippen LogP contribution in [0.1, 0.15) is 72.1 Å². The van der Waals surface area contributed by atoms with E-state index in [1.165, 1.54) is 25.7 Å². The maximum atomic E-state index is 11.0. The van der Waals surface area contributed by atoms with E-state index in [-0.39, 0.29) is 5.60 Å². The number of aliphatic hydroxyl groups is 1. The van der Waals surface area contributed by atoms with E-state index in [1.807, 2.05) is 0 Å². The summed E-state index contributed by atoms with van der Waals surface area (Å²) in [4.78, 5) is 0. The minimum Gasteiger partial charge on any atom is -0.390 e. The van der Waals surface area contributed by atoms with Crippen molar-refractivity contribution in [1.29, 1.82) is 0 Å². The van der Waals surface area contributed by atoms with Crippen molar-refractivity contribution in [1.82, 2.24) is 5.32 Å². The van der Waals surface area contributed by atoms with Gasteiger partial charge in [-0.3, -0.25) is 0 Å². The summed E-state index contributed by atoms with van der Waals surface area (Å²) in [5.74, 6) is 2.15. The predicted octanol–water partition coefficient (Wildman–Crippen LogP) is 3.73. The topological polar surface area (TPSA) is 32.3 Å². The van der Waals surface area contributed by atoms with E-state index in [0.717, 1.165) is 44.1 Å². The molecule has 2 heteroatoms. The molecule has 2 rings (SSSR count). The maximum absolute atomic E-state index is 11.0. The molecule has 2 N–H and O–H groups in total. The van der Waals surface area contributed by atoms with Crippen molar-refractivity contribution >= 4 is 0 Å². The molecule has 2 atom stereocenters. The van der Waals surface area contributed by atoms with Crippen molar-refractivity contribution in [2.75, 3.05) is 6.54 Å². The van der Waals surface area contributed by atoms with Crippen LogP contribution in [-0.4, -0.2) is 23.3 Å².